The van der Waals surface area contributed by atoms with Crippen LogP contribution in [0.15, 0.2) is 41.5 Å². The van der Waals surface area contributed by atoms with Crippen molar-refractivity contribution in [2.24, 2.45) is 23.7 Å². The summed E-state index contributed by atoms with van der Waals surface area (Å²) < 4.78 is 0. The smallest absolute Gasteiger partial charge is 0.274 e. The van der Waals surface area contributed by atoms with Crippen LogP contribution in [0, 0.1) is 40.7 Å². The Morgan fingerprint density at radius 2 is 1.64 bits per heavy atom. The molecule has 0 N–H and O–H groups in total. The van der Waals surface area contributed by atoms with Crippen molar-refractivity contribution in [3.8, 4) is 0 Å². The number of rotatable bonds is 2. The molecule has 0 aromatic heterocycles. The molecular formula is C19H18N2O4. The number of allylic oxidation sites excluding steroid dienone is 4. The van der Waals surface area contributed by atoms with Crippen molar-refractivity contribution in [1.82, 2.24) is 0 Å². The lowest BCUT2D eigenvalue weighted by Gasteiger charge is -2.19. The van der Waals surface area contributed by atoms with Crippen LogP contribution >= 0.6 is 0 Å². The number of hydrogen-bond donors (Lipinski definition) is 0. The zero-order chi connectivity index (χ0) is 18.0. The lowest BCUT2D eigenvalue weighted by Crippen LogP contribution is -2.33. The number of benzene rings is 1. The first-order chi connectivity index (χ1) is 11.8. The van der Waals surface area contributed by atoms with E-state index in [1.807, 2.05) is 26.0 Å². The second kappa shape index (κ2) is 5.12. The van der Waals surface area contributed by atoms with Gasteiger partial charge in [0.25, 0.3) is 5.69 Å². The maximum absolute atomic E-state index is 13.0. The summed E-state index contributed by atoms with van der Waals surface area (Å²) in [5.41, 5.74) is 2.89. The van der Waals surface area contributed by atoms with Gasteiger partial charge >= 0.3 is 0 Å². The molecule has 1 aliphatic heterocycles. The molecule has 0 unspecified atom stereocenters. The van der Waals surface area contributed by atoms with Crippen molar-refractivity contribution in [3.05, 3.63) is 57.2 Å². The largest absolute Gasteiger partial charge is 0.293 e. The van der Waals surface area contributed by atoms with Gasteiger partial charge in [0.2, 0.25) is 11.8 Å². The van der Waals surface area contributed by atoms with Gasteiger partial charge in [-0.2, -0.15) is 0 Å². The molecule has 6 nitrogen and oxygen atoms in total. The maximum Gasteiger partial charge on any atom is 0.293 e. The summed E-state index contributed by atoms with van der Waals surface area (Å²) >= 11 is 0. The fourth-order valence-electron chi connectivity index (χ4n) is 4.64. The van der Waals surface area contributed by atoms with Gasteiger partial charge in [-0.15, -0.1) is 0 Å². The summed E-state index contributed by atoms with van der Waals surface area (Å²) in [6, 6.07) is 4.59. The van der Waals surface area contributed by atoms with Crippen LogP contribution in [0.2, 0.25) is 0 Å². The lowest BCUT2D eigenvalue weighted by atomic mass is 9.85. The molecule has 1 aromatic carbocycles. The molecule has 1 saturated heterocycles. The van der Waals surface area contributed by atoms with Crippen molar-refractivity contribution in [3.63, 3.8) is 0 Å². The van der Waals surface area contributed by atoms with Gasteiger partial charge < -0.3 is 0 Å². The standard InChI is InChI=1S/C19H18N2O4/c1-9(2)15-11-5-6-12(15)17-16(11)18(22)20(19(17)23)13-7-4-10(3)8-14(13)21(24)25/h4-8,11-12,16-17H,1-3H3/t11-,12-,16-,17-/m0/s1. The Morgan fingerprint density at radius 3 is 2.12 bits per heavy atom. The molecule has 1 saturated carbocycles. The minimum Gasteiger partial charge on any atom is -0.274 e. The molecule has 2 bridgehead atoms. The van der Waals surface area contributed by atoms with Crippen molar-refractivity contribution in [2.75, 3.05) is 4.90 Å². The van der Waals surface area contributed by atoms with Gasteiger partial charge in [0.05, 0.1) is 16.8 Å². The van der Waals surface area contributed by atoms with Crippen LogP contribution in [0.3, 0.4) is 0 Å². The average molecular weight is 338 g/mol. The van der Waals surface area contributed by atoms with Crippen molar-refractivity contribution in [2.45, 2.75) is 20.8 Å². The minimum atomic E-state index is -0.536. The van der Waals surface area contributed by atoms with Gasteiger partial charge in [-0.25, -0.2) is 4.90 Å². The van der Waals surface area contributed by atoms with E-state index in [1.54, 1.807) is 13.0 Å². The number of nitro groups is 1. The molecule has 2 amide bonds. The molecular weight excluding hydrogens is 320 g/mol. The Kier molecular flexibility index (Phi) is 3.22. The number of hydrogen-bond acceptors (Lipinski definition) is 4. The van der Waals surface area contributed by atoms with Crippen LogP contribution in [0.4, 0.5) is 11.4 Å². The number of imide groups is 1. The van der Waals surface area contributed by atoms with Crippen LogP contribution in [-0.4, -0.2) is 16.7 Å². The topological polar surface area (TPSA) is 80.5 Å². The first kappa shape index (κ1) is 15.7. The zero-order valence-electron chi connectivity index (χ0n) is 14.2. The summed E-state index contributed by atoms with van der Waals surface area (Å²) in [5, 5.41) is 11.4. The van der Waals surface area contributed by atoms with Gasteiger partial charge in [-0.1, -0.05) is 29.4 Å². The van der Waals surface area contributed by atoms with E-state index in [1.165, 1.54) is 12.1 Å². The molecule has 1 heterocycles. The minimum absolute atomic E-state index is 0.0639. The second-order valence-corrected chi connectivity index (χ2v) is 7.20. The van der Waals surface area contributed by atoms with Gasteiger partial charge in [0.15, 0.2) is 0 Å². The van der Waals surface area contributed by atoms with E-state index in [0.29, 0.717) is 5.56 Å². The number of nitro benzene ring substituents is 1. The van der Waals surface area contributed by atoms with Crippen LogP contribution in [0.25, 0.3) is 0 Å². The Hall–Kier alpha value is -2.76. The van der Waals surface area contributed by atoms with E-state index in [-0.39, 0.29) is 35.0 Å². The van der Waals surface area contributed by atoms with Crippen LogP contribution in [-0.2, 0) is 9.59 Å². The summed E-state index contributed by atoms with van der Waals surface area (Å²) in [7, 11) is 0. The molecule has 4 atom stereocenters. The average Bonchev–Trinajstić information content (AvgIpc) is 3.18. The molecule has 1 aromatic rings. The Balaban J connectivity index is 1.81. The number of anilines is 1. The fourth-order valence-corrected chi connectivity index (χ4v) is 4.64. The van der Waals surface area contributed by atoms with Gasteiger partial charge in [0.1, 0.15) is 5.69 Å². The molecule has 2 aliphatic carbocycles. The molecule has 128 valence electrons. The Labute approximate surface area is 145 Å². The Morgan fingerprint density at radius 1 is 1.08 bits per heavy atom. The number of carbonyl (C=O) groups excluding carboxylic acids is 2. The highest BCUT2D eigenvalue weighted by molar-refractivity contribution is 6.24. The molecule has 6 heteroatoms. The number of nitrogens with zero attached hydrogens (tertiary/aromatic N) is 2. The quantitative estimate of drug-likeness (QED) is 0.359. The lowest BCUT2D eigenvalue weighted by molar-refractivity contribution is -0.384. The first-order valence-corrected chi connectivity index (χ1v) is 8.31. The summed E-state index contributed by atoms with van der Waals surface area (Å²) in [6.45, 7) is 5.74. The van der Waals surface area contributed by atoms with E-state index in [9.17, 15) is 19.7 Å². The molecule has 0 radical (unpaired) electrons. The van der Waals surface area contributed by atoms with Crippen LogP contribution in [0.5, 0.6) is 0 Å². The third kappa shape index (κ3) is 1.97. The summed E-state index contributed by atoms with van der Waals surface area (Å²) in [4.78, 5) is 38.0. The molecule has 3 aliphatic rings. The van der Waals surface area contributed by atoms with Crippen LogP contribution in [0.1, 0.15) is 19.4 Å². The van der Waals surface area contributed by atoms with E-state index in [4.69, 9.17) is 0 Å². The third-order valence-corrected chi connectivity index (χ3v) is 5.56. The monoisotopic (exact) mass is 338 g/mol. The number of carbonyl (C=O) groups is 2. The summed E-state index contributed by atoms with van der Waals surface area (Å²) in [5.74, 6) is -1.64. The first-order valence-electron chi connectivity index (χ1n) is 8.31. The zero-order valence-corrected chi connectivity index (χ0v) is 14.2. The highest BCUT2D eigenvalue weighted by Gasteiger charge is 2.62. The predicted octanol–water partition coefficient (Wildman–Crippen LogP) is 3.16. The van der Waals surface area contributed by atoms with Crippen molar-refractivity contribution < 1.29 is 14.5 Å². The molecule has 4 rings (SSSR count). The third-order valence-electron chi connectivity index (χ3n) is 5.56. The van der Waals surface area contributed by atoms with Crippen LogP contribution < -0.4 is 4.90 Å². The van der Waals surface area contributed by atoms with Crippen molar-refractivity contribution >= 4 is 23.2 Å². The molecule has 0 spiro atoms. The normalized spacial score (nSPS) is 29.6. The van der Waals surface area contributed by atoms with Gasteiger partial charge in [0, 0.05) is 17.9 Å². The van der Waals surface area contributed by atoms with E-state index in [0.717, 1.165) is 16.0 Å². The van der Waals surface area contributed by atoms with Crippen molar-refractivity contribution in [1.29, 1.82) is 0 Å². The predicted molar refractivity (Wildman–Crippen MR) is 91.8 cm³/mol. The summed E-state index contributed by atoms with van der Waals surface area (Å²) in [6.07, 6.45) is 4.01. The Bertz CT molecular complexity index is 861. The highest BCUT2D eigenvalue weighted by atomic mass is 16.6. The maximum atomic E-state index is 13.0. The van der Waals surface area contributed by atoms with E-state index >= 15 is 0 Å². The number of aryl methyl sites for hydroxylation is 1. The highest BCUT2D eigenvalue weighted by Crippen LogP contribution is 2.57. The fraction of sp³-hybridized carbons (Fsp3) is 0.368. The van der Waals surface area contributed by atoms with E-state index < -0.39 is 16.8 Å². The number of amides is 2. The molecule has 2 fully saturated rings. The SMILES string of the molecule is CC(C)=C1[C@@H]2C=C[C@@H]1[C@@H]1C(=O)N(c3ccc(C)cc3[N+](=O)[O-])C(=O)[C@H]12. The van der Waals surface area contributed by atoms with E-state index in [2.05, 4.69) is 0 Å². The second-order valence-electron chi connectivity index (χ2n) is 7.20. The van der Waals surface area contributed by atoms with Gasteiger partial charge in [-0.3, -0.25) is 19.7 Å². The van der Waals surface area contributed by atoms with Gasteiger partial charge in [-0.05, 0) is 32.4 Å². The number of fused-ring (bicyclic) bond motifs is 5. The molecule has 25 heavy (non-hydrogen) atoms.